The third-order valence-corrected chi connectivity index (χ3v) is 1.62. The summed E-state index contributed by atoms with van der Waals surface area (Å²) in [5.41, 5.74) is 0. The second kappa shape index (κ2) is 4.89. The van der Waals surface area contributed by atoms with Gasteiger partial charge in [-0.2, -0.15) is 8.78 Å². The molecule has 1 unspecified atom stereocenters. The summed E-state index contributed by atoms with van der Waals surface area (Å²) < 4.78 is 30.1. The normalized spacial score (nSPS) is 13.5. The molecule has 0 fully saturated rings. The number of carbonyl (C=O) groups excluding carboxylic acids is 2. The van der Waals surface area contributed by atoms with Crippen LogP contribution in [0.15, 0.2) is 0 Å². The molecule has 0 heterocycles. The average molecular weight is 194 g/mol. The zero-order valence-electron chi connectivity index (χ0n) is 7.55. The highest BCUT2D eigenvalue weighted by Gasteiger charge is 2.45. The monoisotopic (exact) mass is 194 g/mol. The smallest absolute Gasteiger partial charge is 0.377 e. The maximum Gasteiger partial charge on any atom is 0.377 e. The minimum atomic E-state index is -3.57. The largest absolute Gasteiger partial charge is 0.462 e. The first kappa shape index (κ1) is 12.0. The van der Waals surface area contributed by atoms with Crippen molar-refractivity contribution in [2.24, 2.45) is 5.92 Å². The minimum Gasteiger partial charge on any atom is -0.462 e. The number of halogens is 2. The molecule has 0 amide bonds. The van der Waals surface area contributed by atoms with Crippen LogP contribution < -0.4 is 0 Å². The van der Waals surface area contributed by atoms with Crippen LogP contribution in [-0.2, 0) is 14.3 Å². The molecule has 0 aliphatic carbocycles. The van der Waals surface area contributed by atoms with Crippen molar-refractivity contribution >= 4 is 12.3 Å². The van der Waals surface area contributed by atoms with Crippen LogP contribution in [0.25, 0.3) is 0 Å². The number of aldehydes is 1. The van der Waals surface area contributed by atoms with Crippen molar-refractivity contribution in [2.45, 2.75) is 26.2 Å². The number of hydrogen-bond acceptors (Lipinski definition) is 3. The molecular weight excluding hydrogens is 182 g/mol. The minimum absolute atomic E-state index is 0.0950. The van der Waals surface area contributed by atoms with Crippen molar-refractivity contribution in [3.63, 3.8) is 0 Å². The zero-order chi connectivity index (χ0) is 10.5. The highest BCUT2D eigenvalue weighted by atomic mass is 19.3. The Labute approximate surface area is 75.1 Å². The fraction of sp³-hybridized carbons (Fsp3) is 0.750. The fourth-order valence-corrected chi connectivity index (χ4v) is 0.721. The molecule has 0 aliphatic rings. The molecule has 0 aromatic carbocycles. The Hall–Kier alpha value is -1.00. The lowest BCUT2D eigenvalue weighted by molar-refractivity contribution is -0.179. The molecule has 0 N–H and O–H groups in total. The van der Waals surface area contributed by atoms with Gasteiger partial charge in [-0.3, -0.25) is 0 Å². The summed E-state index contributed by atoms with van der Waals surface area (Å²) in [6, 6.07) is 0. The van der Waals surface area contributed by atoms with E-state index in [0.717, 1.165) is 6.92 Å². The van der Waals surface area contributed by atoms with Gasteiger partial charge >= 0.3 is 11.9 Å². The van der Waals surface area contributed by atoms with Gasteiger partial charge in [0.2, 0.25) is 0 Å². The summed E-state index contributed by atoms with van der Waals surface area (Å²) in [5.74, 6) is -6.45. The van der Waals surface area contributed by atoms with Crippen LogP contribution in [0.1, 0.15) is 20.3 Å². The molecule has 1 atom stereocenters. The standard InChI is InChI=1S/C8H12F2O3/c1-3-13-7(12)8(9,10)6(2)4-5-11/h5-6H,3-4H2,1-2H3. The zero-order valence-corrected chi connectivity index (χ0v) is 7.55. The third-order valence-electron chi connectivity index (χ3n) is 1.62. The Kier molecular flexibility index (Phi) is 4.51. The maximum atomic E-state index is 13.0. The Bertz CT molecular complexity index is 192. The molecule has 3 nitrogen and oxygen atoms in total. The van der Waals surface area contributed by atoms with Crippen LogP contribution in [0, 0.1) is 5.92 Å². The topological polar surface area (TPSA) is 43.4 Å². The van der Waals surface area contributed by atoms with E-state index in [1.807, 2.05) is 0 Å². The fourth-order valence-electron chi connectivity index (χ4n) is 0.721. The van der Waals surface area contributed by atoms with Crippen LogP contribution in [0.2, 0.25) is 0 Å². The molecule has 0 aliphatic heterocycles. The second-order valence-electron chi connectivity index (χ2n) is 2.65. The van der Waals surface area contributed by atoms with Crippen molar-refractivity contribution in [1.29, 1.82) is 0 Å². The number of hydrogen-bond donors (Lipinski definition) is 0. The maximum absolute atomic E-state index is 13.0. The van der Waals surface area contributed by atoms with E-state index in [1.165, 1.54) is 6.92 Å². The van der Waals surface area contributed by atoms with Crippen molar-refractivity contribution < 1.29 is 23.1 Å². The number of alkyl halides is 2. The highest BCUT2D eigenvalue weighted by Crippen LogP contribution is 2.27. The lowest BCUT2D eigenvalue weighted by Crippen LogP contribution is -2.37. The molecule has 0 saturated carbocycles. The summed E-state index contributed by atoms with van der Waals surface area (Å²) in [6.45, 7) is 2.48. The van der Waals surface area contributed by atoms with Crippen LogP contribution in [0.3, 0.4) is 0 Å². The van der Waals surface area contributed by atoms with Gasteiger partial charge in [0.25, 0.3) is 0 Å². The van der Waals surface area contributed by atoms with Crippen molar-refractivity contribution in [2.75, 3.05) is 6.61 Å². The molecule has 0 bridgehead atoms. The molecule has 76 valence electrons. The Morgan fingerprint density at radius 1 is 1.62 bits per heavy atom. The van der Waals surface area contributed by atoms with Crippen LogP contribution in [-0.4, -0.2) is 24.8 Å². The van der Waals surface area contributed by atoms with Gasteiger partial charge in [-0.25, -0.2) is 4.79 Å². The summed E-state index contributed by atoms with van der Waals surface area (Å²) in [7, 11) is 0. The van der Waals surface area contributed by atoms with Crippen LogP contribution >= 0.6 is 0 Å². The van der Waals surface area contributed by atoms with Gasteiger partial charge in [-0.15, -0.1) is 0 Å². The lowest BCUT2D eigenvalue weighted by Gasteiger charge is -2.19. The summed E-state index contributed by atoms with van der Waals surface area (Å²) in [6.07, 6.45) is 0.00359. The molecule has 5 heteroatoms. The first-order valence-corrected chi connectivity index (χ1v) is 3.95. The van der Waals surface area contributed by atoms with Gasteiger partial charge in [0.15, 0.2) is 0 Å². The SMILES string of the molecule is CCOC(=O)C(F)(F)C(C)CC=O. The van der Waals surface area contributed by atoms with E-state index in [9.17, 15) is 18.4 Å². The molecule has 0 aromatic heterocycles. The van der Waals surface area contributed by atoms with E-state index in [2.05, 4.69) is 4.74 Å². The van der Waals surface area contributed by atoms with Crippen LogP contribution in [0.5, 0.6) is 0 Å². The van der Waals surface area contributed by atoms with Crippen molar-refractivity contribution in [3.8, 4) is 0 Å². The molecule has 0 rings (SSSR count). The molecule has 13 heavy (non-hydrogen) atoms. The Morgan fingerprint density at radius 2 is 2.15 bits per heavy atom. The first-order chi connectivity index (χ1) is 5.96. The van der Waals surface area contributed by atoms with E-state index in [-0.39, 0.29) is 13.0 Å². The van der Waals surface area contributed by atoms with Gasteiger partial charge in [0.05, 0.1) is 6.61 Å². The highest BCUT2D eigenvalue weighted by molar-refractivity contribution is 5.78. The van der Waals surface area contributed by atoms with Gasteiger partial charge in [0.1, 0.15) is 6.29 Å². The second-order valence-corrected chi connectivity index (χ2v) is 2.65. The predicted octanol–water partition coefficient (Wildman–Crippen LogP) is 1.41. The summed E-state index contributed by atoms with van der Waals surface area (Å²) in [5, 5.41) is 0. The predicted molar refractivity (Wildman–Crippen MR) is 41.4 cm³/mol. The van der Waals surface area contributed by atoms with Gasteiger partial charge in [0, 0.05) is 12.3 Å². The van der Waals surface area contributed by atoms with Gasteiger partial charge in [-0.05, 0) is 6.92 Å². The quantitative estimate of drug-likeness (QED) is 0.491. The van der Waals surface area contributed by atoms with Gasteiger partial charge < -0.3 is 9.53 Å². The lowest BCUT2D eigenvalue weighted by atomic mass is 10.0. The number of ether oxygens (including phenoxy) is 1. The third kappa shape index (κ3) is 3.08. The Morgan fingerprint density at radius 3 is 2.54 bits per heavy atom. The van der Waals surface area contributed by atoms with E-state index in [1.54, 1.807) is 0 Å². The van der Waals surface area contributed by atoms with E-state index >= 15 is 0 Å². The van der Waals surface area contributed by atoms with E-state index in [0.29, 0.717) is 6.29 Å². The molecule has 0 spiro atoms. The molecule has 0 saturated heterocycles. The number of carbonyl (C=O) groups is 2. The van der Waals surface area contributed by atoms with Gasteiger partial charge in [-0.1, -0.05) is 6.92 Å². The molecule has 0 aromatic rings. The number of rotatable bonds is 5. The Balaban J connectivity index is 4.34. The van der Waals surface area contributed by atoms with Crippen LogP contribution in [0.4, 0.5) is 8.78 Å². The van der Waals surface area contributed by atoms with E-state index in [4.69, 9.17) is 0 Å². The van der Waals surface area contributed by atoms with E-state index < -0.39 is 17.8 Å². The number of esters is 1. The molecular formula is C8H12F2O3. The van der Waals surface area contributed by atoms with Crippen molar-refractivity contribution in [1.82, 2.24) is 0 Å². The average Bonchev–Trinajstić information content (AvgIpc) is 2.05. The summed E-state index contributed by atoms with van der Waals surface area (Å²) >= 11 is 0. The molecule has 0 radical (unpaired) electrons. The van der Waals surface area contributed by atoms with Crippen molar-refractivity contribution in [3.05, 3.63) is 0 Å². The first-order valence-electron chi connectivity index (χ1n) is 3.95. The summed E-state index contributed by atoms with van der Waals surface area (Å²) in [4.78, 5) is 20.6.